The first-order valence-electron chi connectivity index (χ1n) is 10.8. The number of halogens is 3. The Morgan fingerprint density at radius 1 is 1.29 bits per heavy atom. The van der Waals surface area contributed by atoms with Crippen LogP contribution >= 0.6 is 0 Å². The molecule has 3 aromatic rings. The van der Waals surface area contributed by atoms with E-state index in [0.29, 0.717) is 11.3 Å². The van der Waals surface area contributed by atoms with E-state index in [2.05, 4.69) is 15.5 Å². The van der Waals surface area contributed by atoms with Gasteiger partial charge in [0.25, 0.3) is 5.91 Å². The highest BCUT2D eigenvalue weighted by Gasteiger charge is 2.44. The summed E-state index contributed by atoms with van der Waals surface area (Å²) in [5, 5.41) is 11.4. The number of hydrogen-bond acceptors (Lipinski definition) is 5. The van der Waals surface area contributed by atoms with Gasteiger partial charge in [-0.3, -0.25) is 14.7 Å². The van der Waals surface area contributed by atoms with Crippen molar-refractivity contribution in [2.24, 2.45) is 0 Å². The highest BCUT2D eigenvalue weighted by atomic mass is 19.4. The number of alkyl halides is 3. The average molecular weight is 473 g/mol. The van der Waals surface area contributed by atoms with Gasteiger partial charge in [-0.05, 0) is 36.8 Å². The summed E-state index contributed by atoms with van der Waals surface area (Å²) in [7, 11) is 0. The maximum Gasteiger partial charge on any atom is 0.416 e. The van der Waals surface area contributed by atoms with E-state index in [-0.39, 0.29) is 32.1 Å². The van der Waals surface area contributed by atoms with E-state index in [1.54, 1.807) is 12.1 Å². The number of benzene rings is 2. The zero-order valence-electron chi connectivity index (χ0n) is 18.3. The number of carbonyl (C=O) groups is 2. The molecule has 1 saturated heterocycles. The Balaban J connectivity index is 1.31. The molecule has 2 amide bonds. The first kappa shape index (κ1) is 22.2. The summed E-state index contributed by atoms with van der Waals surface area (Å²) in [6.45, 7) is 1.14. The monoisotopic (exact) mass is 473 g/mol. The third-order valence-electron chi connectivity index (χ3n) is 6.15. The maximum absolute atomic E-state index is 13.2. The molecule has 34 heavy (non-hydrogen) atoms. The number of aromatic amines is 1. The SMILES string of the molecule is Cc1[nH]nc2cc(Nc3cccc4c3C(=O)N(CC(=O)N3CCO[C@@H](C(F)(F)F)C3)C4)ccc12. The zero-order chi connectivity index (χ0) is 24.0. The van der Waals surface area contributed by atoms with Crippen molar-refractivity contribution in [2.75, 3.05) is 31.6 Å². The third-order valence-corrected chi connectivity index (χ3v) is 6.15. The van der Waals surface area contributed by atoms with Crippen molar-refractivity contribution in [2.45, 2.75) is 25.7 Å². The van der Waals surface area contributed by atoms with Crippen LogP contribution in [0.25, 0.3) is 10.9 Å². The van der Waals surface area contributed by atoms with Crippen LogP contribution in [0.3, 0.4) is 0 Å². The standard InChI is InChI=1S/C23H22F3N5O3/c1-13-16-6-5-15(9-18(16)29-28-13)27-17-4-2-3-14-10-31(22(33)21(14)17)12-20(32)30-7-8-34-19(11-30)23(24,25)26/h2-6,9,19,27H,7-8,10-12H2,1H3,(H,28,29)/t19-/m1/s1. The quantitative estimate of drug-likeness (QED) is 0.607. The predicted octanol–water partition coefficient (Wildman–Crippen LogP) is 3.36. The van der Waals surface area contributed by atoms with Crippen molar-refractivity contribution in [3.63, 3.8) is 0 Å². The molecule has 0 aliphatic carbocycles. The highest BCUT2D eigenvalue weighted by molar-refractivity contribution is 6.05. The van der Waals surface area contributed by atoms with Gasteiger partial charge in [0.2, 0.25) is 5.91 Å². The fourth-order valence-electron chi connectivity index (χ4n) is 4.37. The van der Waals surface area contributed by atoms with Gasteiger partial charge in [-0.1, -0.05) is 12.1 Å². The maximum atomic E-state index is 13.2. The van der Waals surface area contributed by atoms with Gasteiger partial charge in [0.05, 0.1) is 29.9 Å². The molecule has 2 aromatic carbocycles. The number of nitrogens with zero attached hydrogens (tertiary/aromatic N) is 3. The zero-order valence-corrected chi connectivity index (χ0v) is 18.3. The molecular weight excluding hydrogens is 451 g/mol. The number of nitrogens with one attached hydrogen (secondary N) is 2. The van der Waals surface area contributed by atoms with Gasteiger partial charge in [-0.25, -0.2) is 0 Å². The molecule has 0 radical (unpaired) electrons. The van der Waals surface area contributed by atoms with Crippen LogP contribution in [0, 0.1) is 6.92 Å². The van der Waals surface area contributed by atoms with Crippen LogP contribution in [0.5, 0.6) is 0 Å². The Morgan fingerprint density at radius 3 is 2.91 bits per heavy atom. The van der Waals surface area contributed by atoms with Gasteiger partial charge in [0.1, 0.15) is 6.54 Å². The fourth-order valence-corrected chi connectivity index (χ4v) is 4.37. The molecule has 0 unspecified atom stereocenters. The summed E-state index contributed by atoms with van der Waals surface area (Å²) in [6.07, 6.45) is -6.56. The molecule has 5 rings (SSSR count). The second-order valence-corrected chi connectivity index (χ2v) is 8.45. The van der Waals surface area contributed by atoms with E-state index in [0.717, 1.165) is 32.7 Å². The fraction of sp³-hybridized carbons (Fsp3) is 0.348. The summed E-state index contributed by atoms with van der Waals surface area (Å²) < 4.78 is 43.7. The number of ether oxygens (including phenoxy) is 1. The van der Waals surface area contributed by atoms with E-state index in [1.165, 1.54) is 4.90 Å². The molecule has 3 heterocycles. The van der Waals surface area contributed by atoms with Crippen LogP contribution in [0.15, 0.2) is 36.4 Å². The van der Waals surface area contributed by atoms with Gasteiger partial charge >= 0.3 is 6.18 Å². The number of aryl methyl sites for hydroxylation is 1. The van der Waals surface area contributed by atoms with Crippen molar-refractivity contribution in [1.29, 1.82) is 0 Å². The van der Waals surface area contributed by atoms with Gasteiger partial charge in [0.15, 0.2) is 6.10 Å². The smallest absolute Gasteiger partial charge is 0.365 e. The number of anilines is 2. The van der Waals surface area contributed by atoms with Gasteiger partial charge in [0, 0.05) is 29.9 Å². The van der Waals surface area contributed by atoms with Crippen molar-refractivity contribution in [1.82, 2.24) is 20.0 Å². The predicted molar refractivity (Wildman–Crippen MR) is 118 cm³/mol. The van der Waals surface area contributed by atoms with Crippen molar-refractivity contribution >= 4 is 34.1 Å². The van der Waals surface area contributed by atoms with Crippen LogP contribution in [0.4, 0.5) is 24.5 Å². The first-order valence-corrected chi connectivity index (χ1v) is 10.8. The lowest BCUT2D eigenvalue weighted by atomic mass is 10.1. The molecule has 1 fully saturated rings. The normalized spacial score (nSPS) is 18.5. The number of fused-ring (bicyclic) bond motifs is 2. The molecule has 2 N–H and O–H groups in total. The minimum absolute atomic E-state index is 0.0579. The molecule has 1 atom stereocenters. The van der Waals surface area contributed by atoms with Gasteiger partial charge in [-0.15, -0.1) is 0 Å². The lowest BCUT2D eigenvalue weighted by molar-refractivity contribution is -0.236. The third kappa shape index (κ3) is 4.07. The molecule has 2 aliphatic rings. The Morgan fingerprint density at radius 2 is 2.12 bits per heavy atom. The summed E-state index contributed by atoms with van der Waals surface area (Å²) >= 11 is 0. The molecule has 8 nitrogen and oxygen atoms in total. The first-order chi connectivity index (χ1) is 16.2. The number of morpholine rings is 1. The second kappa shape index (κ2) is 8.32. The minimum atomic E-state index is -4.54. The molecule has 0 spiro atoms. The molecule has 0 saturated carbocycles. The second-order valence-electron chi connectivity index (χ2n) is 8.45. The van der Waals surface area contributed by atoms with Crippen LogP contribution in [-0.4, -0.2) is 70.3 Å². The van der Waals surface area contributed by atoms with Crippen LogP contribution < -0.4 is 5.32 Å². The summed E-state index contributed by atoms with van der Waals surface area (Å²) in [4.78, 5) is 28.3. The van der Waals surface area contributed by atoms with Gasteiger partial charge < -0.3 is 19.9 Å². The van der Waals surface area contributed by atoms with Crippen LogP contribution in [0.1, 0.15) is 21.6 Å². The van der Waals surface area contributed by atoms with E-state index in [1.807, 2.05) is 31.2 Å². The van der Waals surface area contributed by atoms with E-state index < -0.39 is 24.7 Å². The number of hydrogen-bond donors (Lipinski definition) is 2. The van der Waals surface area contributed by atoms with Crippen LogP contribution in [-0.2, 0) is 16.1 Å². The largest absolute Gasteiger partial charge is 0.416 e. The Hall–Kier alpha value is -3.60. The highest BCUT2D eigenvalue weighted by Crippen LogP contribution is 2.32. The minimum Gasteiger partial charge on any atom is -0.365 e. The number of H-pyrrole nitrogens is 1. The van der Waals surface area contributed by atoms with E-state index in [4.69, 9.17) is 4.74 Å². The van der Waals surface area contributed by atoms with Gasteiger partial charge in [-0.2, -0.15) is 18.3 Å². The lowest BCUT2D eigenvalue weighted by Crippen LogP contribution is -2.53. The summed E-state index contributed by atoms with van der Waals surface area (Å²) in [5.41, 5.74) is 4.28. The van der Waals surface area contributed by atoms with E-state index in [9.17, 15) is 22.8 Å². The Bertz CT molecular complexity index is 1270. The Labute approximate surface area is 192 Å². The molecule has 2 aliphatic heterocycles. The number of carbonyl (C=O) groups excluding carboxylic acids is 2. The summed E-state index contributed by atoms with van der Waals surface area (Å²) in [5.74, 6) is -0.878. The Kier molecular flexibility index (Phi) is 5.43. The van der Waals surface area contributed by atoms with Crippen molar-refractivity contribution < 1.29 is 27.5 Å². The molecule has 1 aromatic heterocycles. The average Bonchev–Trinajstić information content (AvgIpc) is 3.33. The van der Waals surface area contributed by atoms with E-state index >= 15 is 0 Å². The molecule has 178 valence electrons. The lowest BCUT2D eigenvalue weighted by Gasteiger charge is -2.34. The number of rotatable bonds is 4. The van der Waals surface area contributed by atoms with Crippen LogP contribution in [0.2, 0.25) is 0 Å². The van der Waals surface area contributed by atoms with Crippen molar-refractivity contribution in [3.05, 3.63) is 53.2 Å². The number of aromatic nitrogens is 2. The van der Waals surface area contributed by atoms with Crippen molar-refractivity contribution in [3.8, 4) is 0 Å². The molecule has 0 bridgehead atoms. The molecular formula is C23H22F3N5O3. The topological polar surface area (TPSA) is 90.6 Å². The molecule has 11 heteroatoms. The summed E-state index contributed by atoms with van der Waals surface area (Å²) in [6, 6.07) is 11.1. The number of amides is 2.